The summed E-state index contributed by atoms with van der Waals surface area (Å²) in [5, 5.41) is 6.35. The van der Waals surface area contributed by atoms with E-state index in [4.69, 9.17) is 0 Å². The van der Waals surface area contributed by atoms with Crippen molar-refractivity contribution in [2.24, 2.45) is 0 Å². The third kappa shape index (κ3) is 3.33. The van der Waals surface area contributed by atoms with Gasteiger partial charge in [0, 0.05) is 24.1 Å². The van der Waals surface area contributed by atoms with E-state index < -0.39 is 0 Å². The monoisotopic (exact) mass is 310 g/mol. The van der Waals surface area contributed by atoms with E-state index in [1.807, 2.05) is 39.0 Å². The number of carbonyl (C=O) groups is 1. The molecule has 0 saturated carbocycles. The second-order valence-corrected chi connectivity index (χ2v) is 6.23. The normalized spacial score (nSPS) is 13.4. The average Bonchev–Trinajstić information content (AvgIpc) is 2.54. The summed E-state index contributed by atoms with van der Waals surface area (Å²) < 4.78 is 0. The molecular formula is C18H22N4O. The Morgan fingerprint density at radius 3 is 2.96 bits per heavy atom. The van der Waals surface area contributed by atoms with Gasteiger partial charge in [-0.15, -0.1) is 0 Å². The van der Waals surface area contributed by atoms with Crippen LogP contribution in [0.2, 0.25) is 0 Å². The van der Waals surface area contributed by atoms with E-state index in [9.17, 15) is 4.79 Å². The lowest BCUT2D eigenvalue weighted by atomic mass is 10.0. The van der Waals surface area contributed by atoms with E-state index in [2.05, 4.69) is 20.6 Å². The lowest BCUT2D eigenvalue weighted by Crippen LogP contribution is -2.18. The minimum atomic E-state index is -0.155. The van der Waals surface area contributed by atoms with Crippen molar-refractivity contribution in [3.8, 4) is 0 Å². The summed E-state index contributed by atoms with van der Waals surface area (Å²) in [4.78, 5) is 21.2. The lowest BCUT2D eigenvalue weighted by molar-refractivity contribution is 0.102. The number of hydrogen-bond donors (Lipinski definition) is 2. The summed E-state index contributed by atoms with van der Waals surface area (Å²) in [5.41, 5.74) is 4.55. The molecule has 1 aliphatic rings. The molecule has 5 heteroatoms. The first-order valence-corrected chi connectivity index (χ1v) is 8.06. The van der Waals surface area contributed by atoms with Gasteiger partial charge in [0.25, 0.3) is 5.91 Å². The summed E-state index contributed by atoms with van der Waals surface area (Å²) >= 11 is 0. The summed E-state index contributed by atoms with van der Waals surface area (Å²) in [6.45, 7) is 6.91. The fourth-order valence-corrected chi connectivity index (χ4v) is 2.85. The molecule has 2 N–H and O–H groups in total. The topological polar surface area (TPSA) is 66.9 Å². The van der Waals surface area contributed by atoms with Gasteiger partial charge >= 0.3 is 0 Å². The smallest absolute Gasteiger partial charge is 0.259 e. The van der Waals surface area contributed by atoms with Crippen LogP contribution < -0.4 is 10.6 Å². The van der Waals surface area contributed by atoms with Crippen LogP contribution in [0.15, 0.2) is 24.4 Å². The van der Waals surface area contributed by atoms with E-state index in [0.717, 1.165) is 36.5 Å². The highest BCUT2D eigenvalue weighted by molar-refractivity contribution is 6.05. The number of benzene rings is 1. The van der Waals surface area contributed by atoms with Gasteiger partial charge in [-0.2, -0.15) is 0 Å². The largest absolute Gasteiger partial charge is 0.385 e. The number of anilines is 2. The minimum Gasteiger partial charge on any atom is -0.385 e. The van der Waals surface area contributed by atoms with Crippen LogP contribution in [0.25, 0.3) is 0 Å². The van der Waals surface area contributed by atoms with E-state index >= 15 is 0 Å². The number of nitrogens with one attached hydrogen (secondary N) is 2. The van der Waals surface area contributed by atoms with E-state index in [-0.39, 0.29) is 11.8 Å². The average molecular weight is 310 g/mol. The molecule has 0 bridgehead atoms. The van der Waals surface area contributed by atoms with E-state index in [0.29, 0.717) is 11.4 Å². The zero-order chi connectivity index (χ0) is 16.4. The third-order valence-electron chi connectivity index (χ3n) is 4.03. The van der Waals surface area contributed by atoms with Crippen LogP contribution in [0.5, 0.6) is 0 Å². The van der Waals surface area contributed by atoms with Crippen LogP contribution in [-0.4, -0.2) is 22.4 Å². The molecule has 5 nitrogen and oxygen atoms in total. The molecule has 1 amide bonds. The Labute approximate surface area is 136 Å². The molecule has 1 aromatic carbocycles. The first kappa shape index (κ1) is 15.5. The molecule has 1 aliphatic heterocycles. The molecule has 0 fully saturated rings. The van der Waals surface area contributed by atoms with Crippen LogP contribution in [0.1, 0.15) is 53.6 Å². The molecule has 23 heavy (non-hydrogen) atoms. The molecule has 1 aromatic heterocycles. The van der Waals surface area contributed by atoms with Crippen LogP contribution in [0, 0.1) is 6.92 Å². The van der Waals surface area contributed by atoms with Crippen molar-refractivity contribution in [2.45, 2.75) is 39.5 Å². The van der Waals surface area contributed by atoms with Crippen molar-refractivity contribution < 1.29 is 4.79 Å². The first-order valence-electron chi connectivity index (χ1n) is 8.06. The fourth-order valence-electron chi connectivity index (χ4n) is 2.85. The van der Waals surface area contributed by atoms with Crippen LogP contribution >= 0.6 is 0 Å². The summed E-state index contributed by atoms with van der Waals surface area (Å²) in [6.07, 6.45) is 3.78. The van der Waals surface area contributed by atoms with Gasteiger partial charge in [-0.25, -0.2) is 9.97 Å². The first-order chi connectivity index (χ1) is 11.0. The number of rotatable bonds is 3. The van der Waals surface area contributed by atoms with Crippen molar-refractivity contribution in [1.82, 2.24) is 9.97 Å². The van der Waals surface area contributed by atoms with Gasteiger partial charge < -0.3 is 10.6 Å². The number of carbonyl (C=O) groups excluding carboxylic acids is 1. The van der Waals surface area contributed by atoms with E-state index in [1.54, 1.807) is 6.20 Å². The third-order valence-corrected chi connectivity index (χ3v) is 4.03. The summed E-state index contributed by atoms with van der Waals surface area (Å²) in [5.74, 6) is 0.702. The van der Waals surface area contributed by atoms with Crippen molar-refractivity contribution in [1.29, 1.82) is 0 Å². The predicted octanol–water partition coefficient (Wildman–Crippen LogP) is 3.52. The molecule has 2 aromatic rings. The predicted molar refractivity (Wildman–Crippen MR) is 92.1 cm³/mol. The summed E-state index contributed by atoms with van der Waals surface area (Å²) in [6, 6.07) is 6.00. The Balaban J connectivity index is 1.85. The Kier molecular flexibility index (Phi) is 4.28. The molecule has 120 valence electrons. The molecule has 0 unspecified atom stereocenters. The molecule has 0 atom stereocenters. The summed E-state index contributed by atoms with van der Waals surface area (Å²) in [7, 11) is 0. The quantitative estimate of drug-likeness (QED) is 0.910. The van der Waals surface area contributed by atoms with Crippen LogP contribution in [0.4, 0.5) is 11.4 Å². The minimum absolute atomic E-state index is 0.155. The number of fused-ring (bicyclic) bond motifs is 1. The van der Waals surface area contributed by atoms with Gasteiger partial charge in [0.15, 0.2) is 0 Å². The highest BCUT2D eigenvalue weighted by atomic mass is 16.1. The van der Waals surface area contributed by atoms with Crippen LogP contribution in [-0.2, 0) is 6.42 Å². The maximum Gasteiger partial charge on any atom is 0.259 e. The highest BCUT2D eigenvalue weighted by Crippen LogP contribution is 2.26. The zero-order valence-electron chi connectivity index (χ0n) is 13.8. The number of aryl methyl sites for hydroxylation is 2. The molecule has 0 radical (unpaired) electrons. The molecule has 0 spiro atoms. The fraction of sp³-hybridized carbons (Fsp3) is 0.389. The second kappa shape index (κ2) is 6.36. The number of amides is 1. The maximum atomic E-state index is 12.6. The second-order valence-electron chi connectivity index (χ2n) is 6.23. The van der Waals surface area contributed by atoms with Gasteiger partial charge in [-0.3, -0.25) is 4.79 Å². The number of hydrogen-bond acceptors (Lipinski definition) is 4. The number of nitrogens with zero attached hydrogens (tertiary/aromatic N) is 2. The molecule has 2 heterocycles. The van der Waals surface area contributed by atoms with Gasteiger partial charge in [0.1, 0.15) is 5.82 Å². The molecule has 0 aliphatic carbocycles. The van der Waals surface area contributed by atoms with Gasteiger partial charge in [-0.1, -0.05) is 13.8 Å². The van der Waals surface area contributed by atoms with Crippen molar-refractivity contribution in [2.75, 3.05) is 17.2 Å². The van der Waals surface area contributed by atoms with Gasteiger partial charge in [0.2, 0.25) is 0 Å². The van der Waals surface area contributed by atoms with Crippen molar-refractivity contribution in [3.63, 3.8) is 0 Å². The van der Waals surface area contributed by atoms with Gasteiger partial charge in [0.05, 0.1) is 11.3 Å². The van der Waals surface area contributed by atoms with Crippen molar-refractivity contribution in [3.05, 3.63) is 47.0 Å². The zero-order valence-corrected chi connectivity index (χ0v) is 13.8. The Hall–Kier alpha value is -2.43. The Bertz CT molecular complexity index is 740. The Morgan fingerprint density at radius 2 is 2.17 bits per heavy atom. The SMILES string of the molecule is Cc1ncc(C(=O)Nc2ccc3c(c2)CCCN3)c(C(C)C)n1. The van der Waals surface area contributed by atoms with Gasteiger partial charge in [-0.05, 0) is 49.4 Å². The molecule has 3 rings (SSSR count). The molecule has 0 saturated heterocycles. The Morgan fingerprint density at radius 1 is 1.35 bits per heavy atom. The molecular weight excluding hydrogens is 288 g/mol. The highest BCUT2D eigenvalue weighted by Gasteiger charge is 2.17. The number of aromatic nitrogens is 2. The van der Waals surface area contributed by atoms with E-state index in [1.165, 1.54) is 5.56 Å². The van der Waals surface area contributed by atoms with Crippen LogP contribution in [0.3, 0.4) is 0 Å². The maximum absolute atomic E-state index is 12.6. The standard InChI is InChI=1S/C18H22N4O/c1-11(2)17-15(10-20-12(3)21-17)18(23)22-14-6-7-16-13(9-14)5-4-8-19-16/h6-7,9-11,19H,4-5,8H2,1-3H3,(H,22,23). The van der Waals surface area contributed by atoms with Crippen molar-refractivity contribution >= 4 is 17.3 Å². The lowest BCUT2D eigenvalue weighted by Gasteiger charge is -2.19.